The Balaban J connectivity index is 1.25. The van der Waals surface area contributed by atoms with Gasteiger partial charge in [0.1, 0.15) is 12.3 Å². The Kier molecular flexibility index (Phi) is 6.15. The summed E-state index contributed by atoms with van der Waals surface area (Å²) in [6.45, 7) is 4.45. The molecule has 0 radical (unpaired) electrons. The molecule has 6 rings (SSSR count). The van der Waals surface area contributed by atoms with Gasteiger partial charge in [0.05, 0.1) is 14.2 Å². The number of methoxy groups -OCH3 is 2. The summed E-state index contributed by atoms with van der Waals surface area (Å²) in [5.41, 5.74) is 5.84. The number of ether oxygens (including phenoxy) is 3. The fraction of sp³-hybridized carbons (Fsp3) is 0.414. The van der Waals surface area contributed by atoms with E-state index in [0.717, 1.165) is 37.4 Å². The molecule has 1 saturated heterocycles. The highest BCUT2D eigenvalue weighted by molar-refractivity contribution is 5.49. The number of hydrogen-bond donors (Lipinski definition) is 0. The number of benzene rings is 2. The van der Waals surface area contributed by atoms with Crippen LogP contribution in [0.5, 0.6) is 11.5 Å². The molecule has 6 nitrogen and oxygen atoms in total. The van der Waals surface area contributed by atoms with Gasteiger partial charge in [0.15, 0.2) is 11.5 Å². The maximum atomic E-state index is 14.5. The van der Waals surface area contributed by atoms with Gasteiger partial charge < -0.3 is 14.2 Å². The van der Waals surface area contributed by atoms with Crippen LogP contribution in [0, 0.1) is 5.95 Å². The Bertz CT molecular complexity index is 1270. The molecule has 3 aliphatic heterocycles. The molecule has 0 amide bonds. The molecule has 188 valence electrons. The van der Waals surface area contributed by atoms with Crippen LogP contribution >= 0.6 is 0 Å². The van der Waals surface area contributed by atoms with Gasteiger partial charge in [0.2, 0.25) is 5.95 Å². The van der Waals surface area contributed by atoms with Gasteiger partial charge in [-0.05, 0) is 60.2 Å². The molecule has 3 aromatic rings. The zero-order valence-electron chi connectivity index (χ0n) is 21.0. The summed E-state index contributed by atoms with van der Waals surface area (Å²) in [5.74, 6) is 1.14. The third kappa shape index (κ3) is 4.15. The molecule has 0 N–H and O–H groups in total. The zero-order valence-corrected chi connectivity index (χ0v) is 21.0. The lowest BCUT2D eigenvalue weighted by atomic mass is 9.90. The molecule has 4 heterocycles. The predicted octanol–water partition coefficient (Wildman–Crippen LogP) is 4.51. The summed E-state index contributed by atoms with van der Waals surface area (Å²) < 4.78 is 32.0. The van der Waals surface area contributed by atoms with E-state index < -0.39 is 5.95 Å². The van der Waals surface area contributed by atoms with Crippen LogP contribution in [0.25, 0.3) is 0 Å². The summed E-state index contributed by atoms with van der Waals surface area (Å²) in [6.07, 6.45) is 3.44. The van der Waals surface area contributed by atoms with Crippen LogP contribution in [-0.2, 0) is 30.7 Å². The summed E-state index contributed by atoms with van der Waals surface area (Å²) in [4.78, 5) is 8.69. The molecule has 4 unspecified atom stereocenters. The van der Waals surface area contributed by atoms with Crippen molar-refractivity contribution < 1.29 is 18.6 Å². The maximum Gasteiger partial charge on any atom is 0.217 e. The number of hydrogen-bond acceptors (Lipinski definition) is 6. The molecule has 3 aliphatic rings. The van der Waals surface area contributed by atoms with Crippen molar-refractivity contribution >= 4 is 0 Å². The summed E-state index contributed by atoms with van der Waals surface area (Å²) in [6, 6.07) is 16.8. The van der Waals surface area contributed by atoms with Crippen LogP contribution in [0.4, 0.5) is 4.39 Å². The van der Waals surface area contributed by atoms with Crippen molar-refractivity contribution in [2.24, 2.45) is 0 Å². The second kappa shape index (κ2) is 9.47. The first-order valence-corrected chi connectivity index (χ1v) is 12.6. The normalized spacial score (nSPS) is 25.7. The van der Waals surface area contributed by atoms with Gasteiger partial charge in [0.25, 0.3) is 0 Å². The highest BCUT2D eigenvalue weighted by Crippen LogP contribution is 2.44. The largest absolute Gasteiger partial charge is 0.493 e. The monoisotopic (exact) mass is 489 g/mol. The molecule has 0 saturated carbocycles. The predicted molar refractivity (Wildman–Crippen MR) is 134 cm³/mol. The number of aromatic nitrogens is 1. The van der Waals surface area contributed by atoms with E-state index in [0.29, 0.717) is 12.1 Å². The van der Waals surface area contributed by atoms with E-state index in [1.807, 2.05) is 6.07 Å². The van der Waals surface area contributed by atoms with E-state index in [4.69, 9.17) is 14.2 Å². The van der Waals surface area contributed by atoms with Crippen molar-refractivity contribution in [1.29, 1.82) is 0 Å². The van der Waals surface area contributed by atoms with Crippen LogP contribution in [0.15, 0.2) is 54.7 Å². The van der Waals surface area contributed by atoms with Crippen LogP contribution in [0.1, 0.15) is 40.8 Å². The number of pyridine rings is 1. The Morgan fingerprint density at radius 1 is 1.03 bits per heavy atom. The Morgan fingerprint density at radius 3 is 2.58 bits per heavy atom. The van der Waals surface area contributed by atoms with Gasteiger partial charge in [0, 0.05) is 43.5 Å². The number of epoxide rings is 1. The van der Waals surface area contributed by atoms with Crippen LogP contribution < -0.4 is 9.47 Å². The van der Waals surface area contributed by atoms with Crippen LogP contribution in [-0.4, -0.2) is 53.9 Å². The molecule has 0 aliphatic carbocycles. The molecule has 1 aromatic heterocycles. The molecule has 0 bridgehead atoms. The second-order valence-corrected chi connectivity index (χ2v) is 9.96. The molecule has 0 spiro atoms. The molecular formula is C29H32FN3O3. The molecule has 2 aromatic carbocycles. The highest BCUT2D eigenvalue weighted by Gasteiger charge is 2.53. The SMILES string of the molecule is COc1cc2c(cc1OC)C(C)N(C1OC1C1Cc3ccccc3CN1Cc1cccnc1F)CC2. The van der Waals surface area contributed by atoms with Crippen molar-refractivity contribution in [3.05, 3.63) is 88.5 Å². The molecule has 4 atom stereocenters. The smallest absolute Gasteiger partial charge is 0.217 e. The van der Waals surface area contributed by atoms with Gasteiger partial charge in [-0.2, -0.15) is 4.39 Å². The standard InChI is InChI=1S/C29H32FN3O3/c1-18-23-15-26(35-3)25(34-2)14-20(23)10-12-33(18)29-27(36-29)24-13-19-7-4-5-8-21(19)16-32(24)17-22-9-6-11-31-28(22)30/h4-9,11,14-15,18,24,27,29H,10,12-13,16-17H2,1-3H3. The second-order valence-electron chi connectivity index (χ2n) is 9.96. The number of nitrogens with zero attached hydrogens (tertiary/aromatic N) is 3. The van der Waals surface area contributed by atoms with Gasteiger partial charge in [-0.3, -0.25) is 9.80 Å². The number of fused-ring (bicyclic) bond motifs is 2. The maximum absolute atomic E-state index is 14.5. The molecule has 1 fully saturated rings. The lowest BCUT2D eigenvalue weighted by molar-refractivity contribution is 0.121. The minimum Gasteiger partial charge on any atom is -0.493 e. The number of rotatable bonds is 6. The third-order valence-corrected chi connectivity index (χ3v) is 8.04. The van der Waals surface area contributed by atoms with E-state index in [9.17, 15) is 4.39 Å². The summed E-state index contributed by atoms with van der Waals surface area (Å²) in [7, 11) is 3.35. The van der Waals surface area contributed by atoms with E-state index in [1.54, 1.807) is 20.3 Å². The van der Waals surface area contributed by atoms with Gasteiger partial charge in [-0.15, -0.1) is 0 Å². The van der Waals surface area contributed by atoms with Crippen LogP contribution in [0.3, 0.4) is 0 Å². The summed E-state index contributed by atoms with van der Waals surface area (Å²) >= 11 is 0. The first kappa shape index (κ1) is 23.4. The van der Waals surface area contributed by atoms with Gasteiger partial charge in [-0.25, -0.2) is 4.98 Å². The van der Waals surface area contributed by atoms with E-state index in [1.165, 1.54) is 28.5 Å². The minimum atomic E-state index is -0.394. The zero-order chi connectivity index (χ0) is 24.8. The van der Waals surface area contributed by atoms with Crippen molar-refractivity contribution in [3.8, 4) is 11.5 Å². The first-order valence-electron chi connectivity index (χ1n) is 12.6. The van der Waals surface area contributed by atoms with Crippen molar-refractivity contribution in [2.75, 3.05) is 20.8 Å². The lowest BCUT2D eigenvalue weighted by Crippen LogP contribution is -2.46. The van der Waals surface area contributed by atoms with Gasteiger partial charge in [-0.1, -0.05) is 30.3 Å². The average molecular weight is 490 g/mol. The van der Waals surface area contributed by atoms with Crippen molar-refractivity contribution in [1.82, 2.24) is 14.8 Å². The minimum absolute atomic E-state index is 0.0396. The molecule has 36 heavy (non-hydrogen) atoms. The van der Waals surface area contributed by atoms with E-state index in [-0.39, 0.29) is 24.4 Å². The fourth-order valence-corrected chi connectivity index (χ4v) is 6.03. The fourth-order valence-electron chi connectivity index (χ4n) is 6.03. The van der Waals surface area contributed by atoms with Crippen molar-refractivity contribution in [3.63, 3.8) is 0 Å². The van der Waals surface area contributed by atoms with E-state index in [2.05, 4.69) is 58.1 Å². The van der Waals surface area contributed by atoms with Gasteiger partial charge >= 0.3 is 0 Å². The topological polar surface area (TPSA) is 50.4 Å². The van der Waals surface area contributed by atoms with Crippen molar-refractivity contribution in [2.45, 2.75) is 57.3 Å². The number of halogens is 1. The quantitative estimate of drug-likeness (QED) is 0.375. The highest BCUT2D eigenvalue weighted by atomic mass is 19.1. The average Bonchev–Trinajstić information content (AvgIpc) is 3.69. The molecule has 7 heteroatoms. The first-order chi connectivity index (χ1) is 17.6. The summed E-state index contributed by atoms with van der Waals surface area (Å²) in [5, 5.41) is 0. The lowest BCUT2D eigenvalue weighted by Gasteiger charge is -2.38. The molecular weight excluding hydrogens is 457 g/mol. The van der Waals surface area contributed by atoms with Crippen LogP contribution in [0.2, 0.25) is 0 Å². The Labute approximate surface area is 211 Å². The Hall–Kier alpha value is -3.00. The van der Waals surface area contributed by atoms with E-state index >= 15 is 0 Å². The Morgan fingerprint density at radius 2 is 1.81 bits per heavy atom. The third-order valence-electron chi connectivity index (χ3n) is 8.04.